The molecule has 8 heteroatoms. The van der Waals surface area contributed by atoms with Crippen LogP contribution in [0.1, 0.15) is 27.4 Å². The number of halogens is 1. The van der Waals surface area contributed by atoms with E-state index in [2.05, 4.69) is 19.7 Å². The third kappa shape index (κ3) is 3.87. The molecule has 5 rings (SSSR count). The van der Waals surface area contributed by atoms with Gasteiger partial charge in [-0.2, -0.15) is 4.98 Å². The smallest absolute Gasteiger partial charge is 0.258 e. The van der Waals surface area contributed by atoms with E-state index in [0.717, 1.165) is 22.2 Å². The summed E-state index contributed by atoms with van der Waals surface area (Å²) in [6.07, 6.45) is 3.25. The minimum atomic E-state index is -0.315. The quantitative estimate of drug-likeness (QED) is 0.319. The van der Waals surface area contributed by atoms with Gasteiger partial charge in [0.25, 0.3) is 5.89 Å². The van der Waals surface area contributed by atoms with E-state index in [0.29, 0.717) is 28.4 Å². The van der Waals surface area contributed by atoms with E-state index < -0.39 is 0 Å². The molecule has 0 aliphatic rings. The summed E-state index contributed by atoms with van der Waals surface area (Å²) in [5.41, 5.74) is 3.98. The van der Waals surface area contributed by atoms with Gasteiger partial charge in [0.2, 0.25) is 11.6 Å². The van der Waals surface area contributed by atoms with Gasteiger partial charge in [-0.25, -0.2) is 0 Å². The first-order chi connectivity index (χ1) is 16.0. The highest BCUT2D eigenvalue weighted by molar-refractivity contribution is 6.30. The lowest BCUT2D eigenvalue weighted by Gasteiger charge is -2.09. The van der Waals surface area contributed by atoms with E-state index in [1.165, 1.54) is 0 Å². The number of methoxy groups -OCH3 is 1. The van der Waals surface area contributed by atoms with Crippen molar-refractivity contribution in [1.82, 2.24) is 19.7 Å². The number of hydrogen-bond donors (Lipinski definition) is 0. The molecule has 0 aliphatic carbocycles. The maximum absolute atomic E-state index is 13.6. The van der Waals surface area contributed by atoms with E-state index in [1.54, 1.807) is 31.6 Å². The maximum Gasteiger partial charge on any atom is 0.258 e. The fraction of sp³-hybridized carbons (Fsp3) is 0.120. The third-order valence-electron chi connectivity index (χ3n) is 5.57. The molecule has 5 aromatic rings. The Morgan fingerprint density at radius 3 is 2.58 bits per heavy atom. The molecule has 0 aliphatic heterocycles. The number of pyridine rings is 1. The Hall–Kier alpha value is -3.97. The summed E-state index contributed by atoms with van der Waals surface area (Å²) >= 11 is 6.04. The number of fused-ring (bicyclic) bond motifs is 1. The van der Waals surface area contributed by atoms with Crippen molar-refractivity contribution in [3.8, 4) is 17.2 Å². The molecule has 0 saturated carbocycles. The van der Waals surface area contributed by atoms with Crippen molar-refractivity contribution in [3.63, 3.8) is 0 Å². The third-order valence-corrected chi connectivity index (χ3v) is 5.82. The van der Waals surface area contributed by atoms with Crippen LogP contribution in [0.25, 0.3) is 22.4 Å². The Kier molecular flexibility index (Phi) is 5.40. The van der Waals surface area contributed by atoms with Gasteiger partial charge in [0.15, 0.2) is 0 Å². The molecule has 7 nitrogen and oxygen atoms in total. The fourth-order valence-corrected chi connectivity index (χ4v) is 4.02. The monoisotopic (exact) mass is 458 g/mol. The van der Waals surface area contributed by atoms with Crippen LogP contribution in [-0.2, 0) is 6.54 Å². The van der Waals surface area contributed by atoms with Gasteiger partial charge >= 0.3 is 0 Å². The predicted molar refractivity (Wildman–Crippen MR) is 125 cm³/mol. The van der Waals surface area contributed by atoms with Crippen LogP contribution < -0.4 is 4.74 Å². The second-order valence-electron chi connectivity index (χ2n) is 7.54. The SMILES string of the molecule is COc1ccc2c(c1)c(C(=O)c1noc(-c3ccncc3)n1)c(C)n2Cc1ccc(Cl)cc1. The van der Waals surface area contributed by atoms with Gasteiger partial charge in [0.05, 0.1) is 12.7 Å². The Bertz CT molecular complexity index is 1460. The van der Waals surface area contributed by atoms with Gasteiger partial charge in [0, 0.05) is 46.1 Å². The van der Waals surface area contributed by atoms with E-state index in [4.69, 9.17) is 20.9 Å². The second-order valence-corrected chi connectivity index (χ2v) is 7.98. The van der Waals surface area contributed by atoms with Gasteiger partial charge in [-0.1, -0.05) is 28.9 Å². The lowest BCUT2D eigenvalue weighted by atomic mass is 10.1. The van der Waals surface area contributed by atoms with E-state index in [9.17, 15) is 4.79 Å². The molecule has 3 heterocycles. The molecule has 0 unspecified atom stereocenters. The van der Waals surface area contributed by atoms with Gasteiger partial charge < -0.3 is 13.8 Å². The van der Waals surface area contributed by atoms with Crippen LogP contribution in [0.5, 0.6) is 5.75 Å². The largest absolute Gasteiger partial charge is 0.497 e. The molecule has 0 fully saturated rings. The number of aromatic nitrogens is 4. The topological polar surface area (TPSA) is 83.0 Å². The molecular weight excluding hydrogens is 440 g/mol. The first kappa shape index (κ1) is 20.9. The molecule has 0 bridgehead atoms. The summed E-state index contributed by atoms with van der Waals surface area (Å²) in [7, 11) is 1.60. The summed E-state index contributed by atoms with van der Waals surface area (Å²) in [6, 6.07) is 16.8. The number of ether oxygens (including phenoxy) is 1. The Morgan fingerprint density at radius 2 is 1.85 bits per heavy atom. The van der Waals surface area contributed by atoms with Crippen LogP contribution in [0.3, 0.4) is 0 Å². The second kappa shape index (κ2) is 8.52. The molecular formula is C25H19ClN4O3. The molecule has 3 aromatic heterocycles. The molecule has 2 aromatic carbocycles. The van der Waals surface area contributed by atoms with Crippen molar-refractivity contribution < 1.29 is 14.1 Å². The van der Waals surface area contributed by atoms with Crippen molar-refractivity contribution in [2.45, 2.75) is 13.5 Å². The van der Waals surface area contributed by atoms with Crippen LogP contribution >= 0.6 is 11.6 Å². The maximum atomic E-state index is 13.6. The average Bonchev–Trinajstić information content (AvgIpc) is 3.44. The van der Waals surface area contributed by atoms with Crippen LogP contribution in [0.15, 0.2) is 71.5 Å². The number of carbonyl (C=O) groups is 1. The minimum absolute atomic E-state index is 0.00160. The van der Waals surface area contributed by atoms with Crippen molar-refractivity contribution in [1.29, 1.82) is 0 Å². The number of rotatable bonds is 6. The van der Waals surface area contributed by atoms with Crippen molar-refractivity contribution in [3.05, 3.63) is 94.7 Å². The van der Waals surface area contributed by atoms with Crippen LogP contribution in [-0.4, -0.2) is 32.6 Å². The molecule has 0 saturated heterocycles. The van der Waals surface area contributed by atoms with Crippen molar-refractivity contribution in [2.24, 2.45) is 0 Å². The Balaban J connectivity index is 1.61. The summed E-state index contributed by atoms with van der Waals surface area (Å²) < 4.78 is 12.9. The molecule has 0 spiro atoms. The molecule has 0 amide bonds. The predicted octanol–water partition coefficient (Wildman–Crippen LogP) is 5.34. The van der Waals surface area contributed by atoms with Gasteiger partial charge in [0.1, 0.15) is 5.75 Å². The fourth-order valence-electron chi connectivity index (χ4n) is 3.89. The Labute approximate surface area is 194 Å². The Morgan fingerprint density at radius 1 is 1.09 bits per heavy atom. The number of carbonyl (C=O) groups excluding carboxylic acids is 1. The van der Waals surface area contributed by atoms with Crippen molar-refractivity contribution >= 4 is 28.3 Å². The zero-order valence-corrected chi connectivity index (χ0v) is 18.7. The highest BCUT2D eigenvalue weighted by Gasteiger charge is 2.25. The number of benzene rings is 2. The van der Waals surface area contributed by atoms with Crippen molar-refractivity contribution in [2.75, 3.05) is 7.11 Å². The summed E-state index contributed by atoms with van der Waals surface area (Å²) in [5.74, 6) is 0.606. The highest BCUT2D eigenvalue weighted by atomic mass is 35.5. The normalized spacial score (nSPS) is 11.1. The van der Waals surface area contributed by atoms with Gasteiger partial charge in [-0.05, 0) is 55.0 Å². The molecule has 0 atom stereocenters. The van der Waals surface area contributed by atoms with Crippen LogP contribution in [0.4, 0.5) is 0 Å². The number of ketones is 1. The number of nitrogens with zero attached hydrogens (tertiary/aromatic N) is 4. The zero-order valence-electron chi connectivity index (χ0n) is 17.9. The molecule has 164 valence electrons. The van der Waals surface area contributed by atoms with Crippen LogP contribution in [0, 0.1) is 6.92 Å². The molecule has 0 radical (unpaired) electrons. The summed E-state index contributed by atoms with van der Waals surface area (Å²) in [5, 5.41) is 5.39. The van der Waals surface area contributed by atoms with E-state index in [-0.39, 0.29) is 17.5 Å². The molecule has 33 heavy (non-hydrogen) atoms. The lowest BCUT2D eigenvalue weighted by Crippen LogP contribution is -2.07. The first-order valence-electron chi connectivity index (χ1n) is 10.2. The zero-order chi connectivity index (χ0) is 22.9. The average molecular weight is 459 g/mol. The van der Waals surface area contributed by atoms with E-state index in [1.807, 2.05) is 49.4 Å². The molecule has 0 N–H and O–H groups in total. The number of hydrogen-bond acceptors (Lipinski definition) is 6. The first-order valence-corrected chi connectivity index (χ1v) is 10.6. The van der Waals surface area contributed by atoms with Crippen LogP contribution in [0.2, 0.25) is 5.02 Å². The minimum Gasteiger partial charge on any atom is -0.497 e. The standard InChI is InChI=1S/C25H19ClN4O3/c1-15-22(23(31)24-28-25(33-29-24)17-9-11-27-12-10-17)20-13-19(32-2)7-8-21(20)30(15)14-16-3-5-18(26)6-4-16/h3-13H,14H2,1-2H3. The summed E-state index contributed by atoms with van der Waals surface area (Å²) in [6.45, 7) is 2.49. The van der Waals surface area contributed by atoms with Gasteiger partial charge in [-0.3, -0.25) is 9.78 Å². The summed E-state index contributed by atoms with van der Waals surface area (Å²) in [4.78, 5) is 21.9. The highest BCUT2D eigenvalue weighted by Crippen LogP contribution is 2.32. The van der Waals surface area contributed by atoms with Gasteiger partial charge in [-0.15, -0.1) is 0 Å². The van der Waals surface area contributed by atoms with E-state index >= 15 is 0 Å². The lowest BCUT2D eigenvalue weighted by molar-refractivity contribution is 0.102.